The fraction of sp³-hybridized carbons (Fsp3) is 0.368. The highest BCUT2D eigenvalue weighted by atomic mass is 16.5. The number of benzene rings is 2. The van der Waals surface area contributed by atoms with Crippen molar-refractivity contribution >= 4 is 10.9 Å². The van der Waals surface area contributed by atoms with Gasteiger partial charge in [0, 0.05) is 101 Å². The van der Waals surface area contributed by atoms with Crippen LogP contribution in [-0.4, -0.2) is 87.7 Å². The number of nitrogens with one attached hydrogen (secondary N) is 2. The smallest absolute Gasteiger partial charge is 0.119 e. The van der Waals surface area contributed by atoms with Crippen LogP contribution in [0, 0.1) is 0 Å². The average molecular weight is 634 g/mol. The number of aromatic amines is 1. The Kier molecular flexibility index (Phi) is 11.6. The number of aliphatic hydroxyl groups is 1. The van der Waals surface area contributed by atoms with E-state index >= 15 is 0 Å². The van der Waals surface area contributed by atoms with Crippen molar-refractivity contribution in [1.82, 2.24) is 35.0 Å². The Labute approximate surface area is 278 Å². The number of hydrogen-bond donors (Lipinski definition) is 3. The van der Waals surface area contributed by atoms with Crippen LogP contribution in [0.5, 0.6) is 5.75 Å². The van der Waals surface area contributed by atoms with E-state index < -0.39 is 0 Å². The maximum Gasteiger partial charge on any atom is 0.119 e. The number of aromatic nitrogens is 3. The zero-order chi connectivity index (χ0) is 32.3. The van der Waals surface area contributed by atoms with Gasteiger partial charge in [0.1, 0.15) is 5.75 Å². The molecule has 0 atom stereocenters. The van der Waals surface area contributed by atoms with Gasteiger partial charge in [-0.3, -0.25) is 24.7 Å². The van der Waals surface area contributed by atoms with Crippen molar-refractivity contribution < 1.29 is 9.84 Å². The van der Waals surface area contributed by atoms with E-state index in [4.69, 9.17) is 4.74 Å². The van der Waals surface area contributed by atoms with Crippen molar-refractivity contribution in [2.24, 2.45) is 0 Å². The van der Waals surface area contributed by atoms with Crippen molar-refractivity contribution in [2.45, 2.75) is 39.1 Å². The molecule has 9 heteroatoms. The third kappa shape index (κ3) is 9.24. The SMILES string of the molecule is COc1ccc2[nH]c3c(c2c1)CCN(Cc1ccc(CN(CCNCc2ccccn2)CCN(CCO)Cc2ccccn2)cc1)C3. The molecule has 47 heavy (non-hydrogen) atoms. The van der Waals surface area contributed by atoms with Crippen LogP contribution < -0.4 is 10.1 Å². The predicted octanol–water partition coefficient (Wildman–Crippen LogP) is 4.61. The molecule has 0 saturated carbocycles. The van der Waals surface area contributed by atoms with Crippen LogP contribution in [0.15, 0.2) is 91.3 Å². The lowest BCUT2D eigenvalue weighted by molar-refractivity contribution is 0.159. The van der Waals surface area contributed by atoms with Gasteiger partial charge in [0.15, 0.2) is 0 Å². The minimum Gasteiger partial charge on any atom is -0.497 e. The maximum atomic E-state index is 9.74. The molecule has 2 aromatic carbocycles. The second kappa shape index (κ2) is 16.6. The number of ether oxygens (including phenoxy) is 1. The van der Waals surface area contributed by atoms with Crippen LogP contribution in [0.3, 0.4) is 0 Å². The second-order valence-corrected chi connectivity index (χ2v) is 12.4. The van der Waals surface area contributed by atoms with E-state index in [2.05, 4.69) is 77.4 Å². The van der Waals surface area contributed by atoms with Crippen molar-refractivity contribution in [2.75, 3.05) is 53.0 Å². The Hall–Kier alpha value is -4.12. The molecule has 246 valence electrons. The molecule has 4 heterocycles. The summed E-state index contributed by atoms with van der Waals surface area (Å²) in [5.41, 5.74) is 8.66. The number of H-pyrrole nitrogens is 1. The monoisotopic (exact) mass is 633 g/mol. The molecular formula is C38H47N7O2. The fourth-order valence-corrected chi connectivity index (χ4v) is 6.45. The number of hydrogen-bond acceptors (Lipinski definition) is 8. The number of aliphatic hydroxyl groups excluding tert-OH is 1. The summed E-state index contributed by atoms with van der Waals surface area (Å²) in [6.45, 7) is 9.55. The van der Waals surface area contributed by atoms with Crippen molar-refractivity contribution in [3.8, 4) is 5.75 Å². The summed E-state index contributed by atoms with van der Waals surface area (Å²) in [4.78, 5) is 19.9. The third-order valence-corrected chi connectivity index (χ3v) is 8.99. The van der Waals surface area contributed by atoms with E-state index in [0.717, 1.165) is 89.0 Å². The van der Waals surface area contributed by atoms with E-state index in [9.17, 15) is 5.11 Å². The first-order valence-corrected chi connectivity index (χ1v) is 16.7. The largest absolute Gasteiger partial charge is 0.497 e. The average Bonchev–Trinajstić information content (AvgIpc) is 3.47. The summed E-state index contributed by atoms with van der Waals surface area (Å²) in [5, 5.41) is 14.6. The fourth-order valence-electron chi connectivity index (χ4n) is 6.45. The Morgan fingerprint density at radius 2 is 1.60 bits per heavy atom. The van der Waals surface area contributed by atoms with Crippen LogP contribution in [0.1, 0.15) is 33.8 Å². The molecule has 3 N–H and O–H groups in total. The van der Waals surface area contributed by atoms with Gasteiger partial charge in [0.25, 0.3) is 0 Å². The summed E-state index contributed by atoms with van der Waals surface area (Å²) in [5.74, 6) is 0.910. The highest BCUT2D eigenvalue weighted by molar-refractivity contribution is 5.86. The minimum atomic E-state index is 0.132. The standard InChI is InChI=1S/C38H47N7O2/c1-47-34-12-13-37-36(24-34)35-14-18-45(29-38(35)42-37)27-31-10-8-30(9-11-31)26-43(19-17-39-25-32-6-2-4-15-40-32)20-21-44(22-23-46)28-33-7-3-5-16-41-33/h2-13,15-16,24,39,42,46H,14,17-23,25-29H2,1H3. The van der Waals surface area contributed by atoms with Gasteiger partial charge in [0.2, 0.25) is 0 Å². The number of pyridine rings is 2. The molecule has 0 amide bonds. The van der Waals surface area contributed by atoms with Gasteiger partial charge in [-0.05, 0) is 65.6 Å². The lowest BCUT2D eigenvalue weighted by atomic mass is 10.0. The molecule has 9 nitrogen and oxygen atoms in total. The van der Waals surface area contributed by atoms with E-state index in [0.29, 0.717) is 6.54 Å². The Balaban J connectivity index is 1.05. The second-order valence-electron chi connectivity index (χ2n) is 12.4. The Morgan fingerprint density at radius 3 is 2.32 bits per heavy atom. The van der Waals surface area contributed by atoms with Gasteiger partial charge in [-0.1, -0.05) is 36.4 Å². The Morgan fingerprint density at radius 1 is 0.851 bits per heavy atom. The predicted molar refractivity (Wildman–Crippen MR) is 187 cm³/mol. The number of rotatable bonds is 17. The minimum absolute atomic E-state index is 0.132. The number of nitrogens with zero attached hydrogens (tertiary/aromatic N) is 5. The van der Waals surface area contributed by atoms with E-state index in [1.54, 1.807) is 7.11 Å². The van der Waals surface area contributed by atoms with Crippen LogP contribution in [0.25, 0.3) is 10.9 Å². The Bertz CT molecular complexity index is 1660. The topological polar surface area (TPSA) is 92.8 Å². The van der Waals surface area contributed by atoms with E-state index in [1.807, 2.05) is 48.8 Å². The van der Waals surface area contributed by atoms with Gasteiger partial charge in [0.05, 0.1) is 25.1 Å². The number of methoxy groups -OCH3 is 1. The molecule has 0 aliphatic carbocycles. The molecule has 0 unspecified atom stereocenters. The van der Waals surface area contributed by atoms with Crippen LogP contribution in [-0.2, 0) is 39.1 Å². The summed E-state index contributed by atoms with van der Waals surface area (Å²) in [7, 11) is 1.73. The zero-order valence-electron chi connectivity index (χ0n) is 27.4. The van der Waals surface area contributed by atoms with E-state index in [1.165, 1.54) is 33.3 Å². The maximum absolute atomic E-state index is 9.74. The first kappa shape index (κ1) is 32.8. The van der Waals surface area contributed by atoms with Gasteiger partial charge in [-0.2, -0.15) is 0 Å². The number of fused-ring (bicyclic) bond motifs is 3. The molecule has 0 radical (unpaired) electrons. The lowest BCUT2D eigenvalue weighted by Gasteiger charge is -2.28. The highest BCUT2D eigenvalue weighted by Crippen LogP contribution is 2.30. The van der Waals surface area contributed by atoms with Crippen LogP contribution in [0.4, 0.5) is 0 Å². The van der Waals surface area contributed by atoms with Crippen LogP contribution in [0.2, 0.25) is 0 Å². The van der Waals surface area contributed by atoms with E-state index in [-0.39, 0.29) is 6.61 Å². The van der Waals surface area contributed by atoms with Crippen molar-refractivity contribution in [1.29, 1.82) is 0 Å². The summed E-state index contributed by atoms with van der Waals surface area (Å²) < 4.78 is 5.47. The molecule has 5 aromatic rings. The summed E-state index contributed by atoms with van der Waals surface area (Å²) in [6, 6.07) is 27.5. The molecule has 1 aliphatic heterocycles. The molecule has 1 aliphatic rings. The first-order chi connectivity index (χ1) is 23.2. The molecule has 0 bridgehead atoms. The summed E-state index contributed by atoms with van der Waals surface area (Å²) in [6.07, 6.45) is 4.71. The van der Waals surface area contributed by atoms with Crippen LogP contribution >= 0.6 is 0 Å². The quantitative estimate of drug-likeness (QED) is 0.128. The molecule has 0 spiro atoms. The zero-order valence-corrected chi connectivity index (χ0v) is 27.4. The van der Waals surface area contributed by atoms with Crippen molar-refractivity contribution in [3.05, 3.63) is 125 Å². The molecule has 6 rings (SSSR count). The molecular weight excluding hydrogens is 586 g/mol. The lowest BCUT2D eigenvalue weighted by Crippen LogP contribution is -2.39. The third-order valence-electron chi connectivity index (χ3n) is 8.99. The summed E-state index contributed by atoms with van der Waals surface area (Å²) >= 11 is 0. The molecule has 0 saturated heterocycles. The first-order valence-electron chi connectivity index (χ1n) is 16.7. The molecule has 0 fully saturated rings. The normalized spacial score (nSPS) is 13.4. The van der Waals surface area contributed by atoms with Gasteiger partial charge in [-0.25, -0.2) is 0 Å². The van der Waals surface area contributed by atoms with Gasteiger partial charge >= 0.3 is 0 Å². The van der Waals surface area contributed by atoms with Gasteiger partial charge in [-0.15, -0.1) is 0 Å². The molecule has 3 aromatic heterocycles. The highest BCUT2D eigenvalue weighted by Gasteiger charge is 2.21. The van der Waals surface area contributed by atoms with Crippen molar-refractivity contribution in [3.63, 3.8) is 0 Å². The van der Waals surface area contributed by atoms with Gasteiger partial charge < -0.3 is 20.1 Å².